The minimum atomic E-state index is -0.682. The predicted octanol–water partition coefficient (Wildman–Crippen LogP) is 3.70. The zero-order valence-corrected chi connectivity index (χ0v) is 13.4. The smallest absolute Gasteiger partial charge is 0.323 e. The molecule has 2 aliphatic rings. The molecule has 0 amide bonds. The molecule has 0 aromatic heterocycles. The molecule has 1 aromatic carbocycles. The highest BCUT2D eigenvalue weighted by Gasteiger charge is 2.48. The van der Waals surface area contributed by atoms with Crippen molar-refractivity contribution in [3.8, 4) is 0 Å². The summed E-state index contributed by atoms with van der Waals surface area (Å²) in [5.41, 5.74) is 0.561. The molecular weight excluding hydrogens is 306 g/mol. The minimum Gasteiger partial charge on any atom is -0.480 e. The molecule has 0 aliphatic heterocycles. The van der Waals surface area contributed by atoms with Gasteiger partial charge < -0.3 is 5.11 Å². The summed E-state index contributed by atoms with van der Waals surface area (Å²) in [6, 6.07) is 8.32. The third-order valence-corrected chi connectivity index (χ3v) is 5.96. The first-order valence-electron chi connectivity index (χ1n) is 7.44. The summed E-state index contributed by atoms with van der Waals surface area (Å²) in [6.45, 7) is 0. The van der Waals surface area contributed by atoms with E-state index in [0.717, 1.165) is 42.9 Å². The number of hydrogen-bond acceptors (Lipinski definition) is 3. The largest absolute Gasteiger partial charge is 0.480 e. The number of halogens is 1. The van der Waals surface area contributed by atoms with Crippen LogP contribution in [0.3, 0.4) is 0 Å². The van der Waals surface area contributed by atoms with Gasteiger partial charge >= 0.3 is 5.97 Å². The molecule has 5 heteroatoms. The average molecular weight is 326 g/mol. The van der Waals surface area contributed by atoms with Gasteiger partial charge in [-0.3, -0.25) is 10.1 Å². The van der Waals surface area contributed by atoms with Crippen molar-refractivity contribution in [2.24, 2.45) is 0 Å². The molecule has 2 unspecified atom stereocenters. The Morgan fingerprint density at radius 2 is 2.05 bits per heavy atom. The number of nitrogens with one attached hydrogen (secondary N) is 1. The van der Waals surface area contributed by atoms with Crippen molar-refractivity contribution >= 4 is 29.3 Å². The van der Waals surface area contributed by atoms with Crippen LogP contribution in [0.5, 0.6) is 0 Å². The maximum atomic E-state index is 11.7. The standard InChI is InChI=1S/C16H20ClNO2S/c17-12-3-1-11(2-4-12)10-21-14-7-8-16(9-14,15(19)20)18-13-5-6-13/h1-4,13-14,18H,5-10H2,(H,19,20). The van der Waals surface area contributed by atoms with Crippen LogP contribution in [0.25, 0.3) is 0 Å². The van der Waals surface area contributed by atoms with Crippen LogP contribution in [0.4, 0.5) is 0 Å². The Bertz CT molecular complexity index is 518. The van der Waals surface area contributed by atoms with E-state index < -0.39 is 11.5 Å². The molecule has 21 heavy (non-hydrogen) atoms. The van der Waals surface area contributed by atoms with Crippen molar-refractivity contribution < 1.29 is 9.90 Å². The lowest BCUT2D eigenvalue weighted by atomic mass is 9.98. The molecule has 0 heterocycles. The van der Waals surface area contributed by atoms with E-state index in [4.69, 9.17) is 11.6 Å². The zero-order chi connectivity index (χ0) is 14.9. The van der Waals surface area contributed by atoms with Crippen LogP contribution in [-0.4, -0.2) is 27.9 Å². The van der Waals surface area contributed by atoms with Gasteiger partial charge in [0.25, 0.3) is 0 Å². The van der Waals surface area contributed by atoms with E-state index >= 15 is 0 Å². The van der Waals surface area contributed by atoms with Crippen LogP contribution in [-0.2, 0) is 10.5 Å². The number of benzene rings is 1. The summed E-state index contributed by atoms with van der Waals surface area (Å²) in [5.74, 6) is 0.241. The second-order valence-electron chi connectivity index (χ2n) is 6.11. The predicted molar refractivity (Wildman–Crippen MR) is 86.9 cm³/mol. The molecule has 0 bridgehead atoms. The maximum absolute atomic E-state index is 11.7. The van der Waals surface area contributed by atoms with E-state index in [1.54, 1.807) is 0 Å². The van der Waals surface area contributed by atoms with E-state index in [1.165, 1.54) is 5.56 Å². The van der Waals surface area contributed by atoms with E-state index in [-0.39, 0.29) is 0 Å². The number of carbonyl (C=O) groups is 1. The summed E-state index contributed by atoms with van der Waals surface area (Å²) in [4.78, 5) is 11.7. The molecule has 0 spiro atoms. The SMILES string of the molecule is O=C(O)C1(NC2CC2)CCC(SCc2ccc(Cl)cc2)C1. The average Bonchev–Trinajstić information content (AvgIpc) is 3.16. The Hall–Kier alpha value is -0.710. The summed E-state index contributed by atoms with van der Waals surface area (Å²) < 4.78 is 0. The first-order chi connectivity index (χ1) is 10.1. The van der Waals surface area contributed by atoms with Crippen LogP contribution in [0.15, 0.2) is 24.3 Å². The Morgan fingerprint density at radius 3 is 2.67 bits per heavy atom. The van der Waals surface area contributed by atoms with Crippen molar-refractivity contribution in [2.45, 2.75) is 54.7 Å². The van der Waals surface area contributed by atoms with Crippen LogP contribution >= 0.6 is 23.4 Å². The van der Waals surface area contributed by atoms with Gasteiger partial charge in [0.15, 0.2) is 0 Å². The Morgan fingerprint density at radius 1 is 1.33 bits per heavy atom. The van der Waals surface area contributed by atoms with Crippen LogP contribution < -0.4 is 5.32 Å². The number of carboxylic acid groups (broad SMARTS) is 1. The summed E-state index contributed by atoms with van der Waals surface area (Å²) >= 11 is 7.75. The molecule has 2 fully saturated rings. The molecule has 2 atom stereocenters. The molecule has 3 nitrogen and oxygen atoms in total. The van der Waals surface area contributed by atoms with Gasteiger partial charge in [-0.05, 0) is 49.8 Å². The topological polar surface area (TPSA) is 49.3 Å². The van der Waals surface area contributed by atoms with Gasteiger partial charge in [-0.25, -0.2) is 0 Å². The first kappa shape index (κ1) is 15.2. The fraction of sp³-hybridized carbons (Fsp3) is 0.562. The normalized spacial score (nSPS) is 28.7. The second-order valence-corrected chi connectivity index (χ2v) is 7.83. The van der Waals surface area contributed by atoms with Crippen molar-refractivity contribution in [3.05, 3.63) is 34.9 Å². The van der Waals surface area contributed by atoms with Gasteiger partial charge in [-0.15, -0.1) is 0 Å². The quantitative estimate of drug-likeness (QED) is 0.837. The highest BCUT2D eigenvalue weighted by Crippen LogP contribution is 2.40. The van der Waals surface area contributed by atoms with E-state index in [1.807, 2.05) is 36.0 Å². The lowest BCUT2D eigenvalue weighted by Gasteiger charge is -2.26. The van der Waals surface area contributed by atoms with Gasteiger partial charge in [0, 0.05) is 22.1 Å². The Balaban J connectivity index is 1.55. The molecule has 0 saturated heterocycles. The highest BCUT2D eigenvalue weighted by atomic mass is 35.5. The maximum Gasteiger partial charge on any atom is 0.323 e. The lowest BCUT2D eigenvalue weighted by Crippen LogP contribution is -2.51. The Labute approximate surface area is 134 Å². The van der Waals surface area contributed by atoms with Gasteiger partial charge in [0.1, 0.15) is 5.54 Å². The molecule has 3 rings (SSSR count). The van der Waals surface area contributed by atoms with Crippen molar-refractivity contribution in [1.82, 2.24) is 5.32 Å². The van der Waals surface area contributed by atoms with Gasteiger partial charge in [-0.1, -0.05) is 23.7 Å². The first-order valence-corrected chi connectivity index (χ1v) is 8.87. The number of rotatable bonds is 6. The van der Waals surface area contributed by atoms with Crippen LogP contribution in [0.1, 0.15) is 37.7 Å². The molecule has 114 valence electrons. The summed E-state index contributed by atoms with van der Waals surface area (Å²) in [7, 11) is 0. The fourth-order valence-corrected chi connectivity index (χ4v) is 4.38. The van der Waals surface area contributed by atoms with Crippen molar-refractivity contribution in [2.75, 3.05) is 0 Å². The second kappa shape index (κ2) is 6.19. The molecule has 2 saturated carbocycles. The third-order valence-electron chi connectivity index (χ3n) is 4.34. The molecule has 2 aliphatic carbocycles. The van der Waals surface area contributed by atoms with Gasteiger partial charge in [0.2, 0.25) is 0 Å². The van der Waals surface area contributed by atoms with E-state index in [2.05, 4.69) is 5.32 Å². The van der Waals surface area contributed by atoms with Crippen LogP contribution in [0, 0.1) is 0 Å². The number of carboxylic acids is 1. The van der Waals surface area contributed by atoms with E-state index in [0.29, 0.717) is 11.3 Å². The van der Waals surface area contributed by atoms with E-state index in [9.17, 15) is 9.90 Å². The summed E-state index contributed by atoms with van der Waals surface area (Å²) in [6.07, 6.45) is 4.70. The minimum absolute atomic E-state index is 0.419. The number of hydrogen-bond donors (Lipinski definition) is 2. The molecule has 1 aromatic rings. The summed E-state index contributed by atoms with van der Waals surface area (Å²) in [5, 5.41) is 14.1. The van der Waals surface area contributed by atoms with Gasteiger partial charge in [0.05, 0.1) is 0 Å². The molecule has 0 radical (unpaired) electrons. The third kappa shape index (κ3) is 3.74. The number of aliphatic carboxylic acids is 1. The van der Waals surface area contributed by atoms with Gasteiger partial charge in [-0.2, -0.15) is 11.8 Å². The molecule has 2 N–H and O–H groups in total. The zero-order valence-electron chi connectivity index (χ0n) is 11.8. The fourth-order valence-electron chi connectivity index (χ4n) is 2.94. The van der Waals surface area contributed by atoms with Crippen molar-refractivity contribution in [1.29, 1.82) is 0 Å². The lowest BCUT2D eigenvalue weighted by molar-refractivity contribution is -0.144. The monoisotopic (exact) mass is 325 g/mol. The molecular formula is C16H20ClNO2S. The Kier molecular flexibility index (Phi) is 4.48. The highest BCUT2D eigenvalue weighted by molar-refractivity contribution is 7.99. The number of thioether (sulfide) groups is 1. The van der Waals surface area contributed by atoms with Crippen LogP contribution in [0.2, 0.25) is 5.02 Å². The van der Waals surface area contributed by atoms with Crippen molar-refractivity contribution in [3.63, 3.8) is 0 Å².